The molecule has 0 saturated heterocycles. The standard InChI is InChI=1S/C14H19N3O2/c1-9-6-11(8-12(15)7-9)14(19)17-5-4-16-13(18)10-2-3-10/h6-8,10H,2-5,15H2,1H3,(H,16,18)(H,17,19). The zero-order chi connectivity index (χ0) is 13.8. The molecule has 19 heavy (non-hydrogen) atoms. The summed E-state index contributed by atoms with van der Waals surface area (Å²) in [6.07, 6.45) is 1.97. The fourth-order valence-corrected chi connectivity index (χ4v) is 1.90. The molecule has 0 unspecified atom stereocenters. The number of nitrogens with two attached hydrogens (primary N) is 1. The van der Waals surface area contributed by atoms with Crippen molar-refractivity contribution in [2.75, 3.05) is 18.8 Å². The zero-order valence-electron chi connectivity index (χ0n) is 11.0. The second kappa shape index (κ2) is 5.73. The molecule has 5 heteroatoms. The lowest BCUT2D eigenvalue weighted by atomic mass is 10.1. The summed E-state index contributed by atoms with van der Waals surface area (Å²) >= 11 is 0. The Bertz CT molecular complexity index is 475. The van der Waals surface area contributed by atoms with E-state index in [4.69, 9.17) is 5.73 Å². The van der Waals surface area contributed by atoms with Crippen molar-refractivity contribution in [1.29, 1.82) is 0 Å². The predicted molar refractivity (Wildman–Crippen MR) is 73.7 cm³/mol. The molecule has 1 aromatic rings. The maximum absolute atomic E-state index is 11.9. The topological polar surface area (TPSA) is 84.2 Å². The van der Waals surface area contributed by atoms with Crippen LogP contribution in [0.15, 0.2) is 18.2 Å². The van der Waals surface area contributed by atoms with Crippen LogP contribution in [-0.4, -0.2) is 24.9 Å². The van der Waals surface area contributed by atoms with Gasteiger partial charge in [-0.25, -0.2) is 0 Å². The Kier molecular flexibility index (Phi) is 4.04. The number of nitrogens with one attached hydrogen (secondary N) is 2. The van der Waals surface area contributed by atoms with E-state index in [1.54, 1.807) is 12.1 Å². The second-order valence-corrected chi connectivity index (χ2v) is 4.95. The molecule has 0 radical (unpaired) electrons. The van der Waals surface area contributed by atoms with Crippen molar-refractivity contribution in [3.05, 3.63) is 29.3 Å². The zero-order valence-corrected chi connectivity index (χ0v) is 11.0. The quantitative estimate of drug-likeness (QED) is 0.542. The van der Waals surface area contributed by atoms with Crippen LogP contribution in [0.3, 0.4) is 0 Å². The Morgan fingerprint density at radius 1 is 1.21 bits per heavy atom. The van der Waals surface area contributed by atoms with E-state index in [1.165, 1.54) is 0 Å². The highest BCUT2D eigenvalue weighted by Gasteiger charge is 2.28. The van der Waals surface area contributed by atoms with Crippen molar-refractivity contribution in [2.45, 2.75) is 19.8 Å². The molecule has 0 bridgehead atoms. The normalized spacial score (nSPS) is 13.9. The van der Waals surface area contributed by atoms with Gasteiger partial charge in [0, 0.05) is 30.3 Å². The summed E-state index contributed by atoms with van der Waals surface area (Å²) in [4.78, 5) is 23.2. The minimum Gasteiger partial charge on any atom is -0.399 e. The highest BCUT2D eigenvalue weighted by molar-refractivity contribution is 5.95. The van der Waals surface area contributed by atoms with Crippen LogP contribution in [0.2, 0.25) is 0 Å². The number of rotatable bonds is 5. The largest absolute Gasteiger partial charge is 0.399 e. The summed E-state index contributed by atoms with van der Waals surface area (Å²) in [5.41, 5.74) is 7.77. The molecule has 1 aliphatic rings. The first-order valence-electron chi connectivity index (χ1n) is 6.49. The SMILES string of the molecule is Cc1cc(N)cc(C(=O)NCCNC(=O)C2CC2)c1. The van der Waals surface area contributed by atoms with Crippen LogP contribution in [0.5, 0.6) is 0 Å². The minimum absolute atomic E-state index is 0.0917. The van der Waals surface area contributed by atoms with Gasteiger partial charge in [-0.05, 0) is 43.5 Å². The van der Waals surface area contributed by atoms with Gasteiger partial charge in [0.2, 0.25) is 5.91 Å². The molecule has 1 aliphatic carbocycles. The van der Waals surface area contributed by atoms with Crippen molar-refractivity contribution in [2.24, 2.45) is 5.92 Å². The van der Waals surface area contributed by atoms with Crippen LogP contribution < -0.4 is 16.4 Å². The molecular weight excluding hydrogens is 242 g/mol. The van der Waals surface area contributed by atoms with Gasteiger partial charge in [-0.15, -0.1) is 0 Å². The van der Waals surface area contributed by atoms with Gasteiger partial charge in [0.15, 0.2) is 0 Å². The third-order valence-corrected chi connectivity index (χ3v) is 3.02. The monoisotopic (exact) mass is 261 g/mol. The van der Waals surface area contributed by atoms with Gasteiger partial charge in [0.25, 0.3) is 5.91 Å². The maximum atomic E-state index is 11.9. The average Bonchev–Trinajstić information content (AvgIpc) is 3.17. The first-order chi connectivity index (χ1) is 9.06. The molecule has 5 nitrogen and oxygen atoms in total. The predicted octanol–water partition coefficient (Wildman–Crippen LogP) is 0.833. The smallest absolute Gasteiger partial charge is 0.251 e. The first kappa shape index (κ1) is 13.4. The van der Waals surface area contributed by atoms with Crippen molar-refractivity contribution >= 4 is 17.5 Å². The number of hydrogen-bond donors (Lipinski definition) is 3. The van der Waals surface area contributed by atoms with Crippen molar-refractivity contribution in [3.8, 4) is 0 Å². The lowest BCUT2D eigenvalue weighted by Crippen LogP contribution is -2.35. The van der Waals surface area contributed by atoms with Crippen LogP contribution in [0, 0.1) is 12.8 Å². The Labute approximate surface area is 112 Å². The van der Waals surface area contributed by atoms with Gasteiger partial charge in [-0.2, -0.15) is 0 Å². The Balaban J connectivity index is 1.75. The molecule has 0 atom stereocenters. The number of nitrogen functional groups attached to an aromatic ring is 1. The minimum atomic E-state index is -0.170. The Morgan fingerprint density at radius 2 is 1.89 bits per heavy atom. The molecule has 0 heterocycles. The van der Waals surface area contributed by atoms with Gasteiger partial charge in [0.1, 0.15) is 0 Å². The summed E-state index contributed by atoms with van der Waals surface area (Å²) in [5, 5.41) is 5.55. The Morgan fingerprint density at radius 3 is 2.53 bits per heavy atom. The molecule has 0 spiro atoms. The van der Waals surface area contributed by atoms with Crippen molar-refractivity contribution < 1.29 is 9.59 Å². The van der Waals surface area contributed by atoms with E-state index in [0.29, 0.717) is 24.3 Å². The van der Waals surface area contributed by atoms with Crippen LogP contribution in [0.25, 0.3) is 0 Å². The molecule has 1 aromatic carbocycles. The van der Waals surface area contributed by atoms with E-state index in [-0.39, 0.29) is 17.7 Å². The molecule has 102 valence electrons. The number of carbonyl (C=O) groups excluding carboxylic acids is 2. The molecule has 0 aliphatic heterocycles. The molecule has 2 rings (SSSR count). The second-order valence-electron chi connectivity index (χ2n) is 4.95. The molecule has 2 amide bonds. The summed E-state index contributed by atoms with van der Waals surface area (Å²) in [6.45, 7) is 2.77. The number of amides is 2. The number of carbonyl (C=O) groups is 2. The van der Waals surface area contributed by atoms with Gasteiger partial charge in [0.05, 0.1) is 0 Å². The summed E-state index contributed by atoms with van der Waals surface area (Å²) in [6, 6.07) is 5.24. The summed E-state index contributed by atoms with van der Waals surface area (Å²) in [7, 11) is 0. The highest BCUT2D eigenvalue weighted by Crippen LogP contribution is 2.28. The molecule has 1 fully saturated rings. The molecule has 0 aromatic heterocycles. The van der Waals surface area contributed by atoms with E-state index >= 15 is 0 Å². The van der Waals surface area contributed by atoms with E-state index in [0.717, 1.165) is 18.4 Å². The molecule has 4 N–H and O–H groups in total. The summed E-state index contributed by atoms with van der Waals surface area (Å²) in [5.74, 6) is 0.123. The average molecular weight is 261 g/mol. The number of aryl methyl sites for hydroxylation is 1. The lowest BCUT2D eigenvalue weighted by molar-refractivity contribution is -0.122. The Hall–Kier alpha value is -2.04. The van der Waals surface area contributed by atoms with Gasteiger partial charge < -0.3 is 16.4 Å². The lowest BCUT2D eigenvalue weighted by Gasteiger charge is -2.08. The van der Waals surface area contributed by atoms with E-state index < -0.39 is 0 Å². The van der Waals surface area contributed by atoms with Gasteiger partial charge in [-0.1, -0.05) is 0 Å². The van der Waals surface area contributed by atoms with Crippen LogP contribution in [0.1, 0.15) is 28.8 Å². The van der Waals surface area contributed by atoms with Crippen LogP contribution >= 0.6 is 0 Å². The maximum Gasteiger partial charge on any atom is 0.251 e. The van der Waals surface area contributed by atoms with E-state index in [9.17, 15) is 9.59 Å². The summed E-state index contributed by atoms with van der Waals surface area (Å²) < 4.78 is 0. The van der Waals surface area contributed by atoms with Crippen molar-refractivity contribution in [1.82, 2.24) is 10.6 Å². The fourth-order valence-electron chi connectivity index (χ4n) is 1.90. The molecule has 1 saturated carbocycles. The van der Waals surface area contributed by atoms with Crippen LogP contribution in [0.4, 0.5) is 5.69 Å². The van der Waals surface area contributed by atoms with E-state index in [2.05, 4.69) is 10.6 Å². The number of anilines is 1. The number of benzene rings is 1. The fraction of sp³-hybridized carbons (Fsp3) is 0.429. The highest BCUT2D eigenvalue weighted by atomic mass is 16.2. The third-order valence-electron chi connectivity index (χ3n) is 3.02. The van der Waals surface area contributed by atoms with Crippen LogP contribution in [-0.2, 0) is 4.79 Å². The third kappa shape index (κ3) is 3.98. The molecular formula is C14H19N3O2. The number of hydrogen-bond acceptors (Lipinski definition) is 3. The van der Waals surface area contributed by atoms with Crippen molar-refractivity contribution in [3.63, 3.8) is 0 Å². The van der Waals surface area contributed by atoms with Gasteiger partial charge >= 0.3 is 0 Å². The first-order valence-corrected chi connectivity index (χ1v) is 6.49. The van der Waals surface area contributed by atoms with Gasteiger partial charge in [-0.3, -0.25) is 9.59 Å². The van der Waals surface area contributed by atoms with E-state index in [1.807, 2.05) is 13.0 Å².